The number of nitrogens with zero attached hydrogens (tertiary/aromatic N) is 1. The lowest BCUT2D eigenvalue weighted by atomic mass is 9.96. The van der Waals surface area contributed by atoms with Crippen molar-refractivity contribution < 1.29 is 14.6 Å². The van der Waals surface area contributed by atoms with E-state index in [1.54, 1.807) is 6.92 Å². The number of rotatable bonds is 3. The van der Waals surface area contributed by atoms with Crippen LogP contribution in [-0.4, -0.2) is 40.9 Å². The average Bonchev–Trinajstić information content (AvgIpc) is 2.68. The van der Waals surface area contributed by atoms with Gasteiger partial charge in [-0.05, 0) is 13.0 Å². The largest absolute Gasteiger partial charge is 0.385 e. The molecular weight excluding hydrogens is 256 g/mol. The first-order valence-corrected chi connectivity index (χ1v) is 6.12. The van der Waals surface area contributed by atoms with Gasteiger partial charge in [0.2, 0.25) is 0 Å². The predicted octanol–water partition coefficient (Wildman–Crippen LogP) is 1.00. The quantitative estimate of drug-likeness (QED) is 0.860. The maximum Gasteiger partial charge on any atom is 0.253 e. The molecule has 1 aliphatic heterocycles. The van der Waals surface area contributed by atoms with Crippen molar-refractivity contribution in [3.8, 4) is 0 Å². The summed E-state index contributed by atoms with van der Waals surface area (Å²) in [5.74, 6) is -0.324. The predicted molar refractivity (Wildman–Crippen MR) is 66.6 cm³/mol. The molecule has 1 fully saturated rings. The van der Waals surface area contributed by atoms with Crippen molar-refractivity contribution in [1.82, 2.24) is 10.3 Å². The van der Waals surface area contributed by atoms with E-state index in [-0.39, 0.29) is 23.6 Å². The minimum atomic E-state index is -1.00. The maximum absolute atomic E-state index is 11.9. The zero-order valence-electron chi connectivity index (χ0n) is 10.0. The number of aliphatic hydroxyl groups is 1. The van der Waals surface area contributed by atoms with Crippen LogP contribution < -0.4 is 5.32 Å². The van der Waals surface area contributed by atoms with Gasteiger partial charge in [0.25, 0.3) is 5.91 Å². The highest BCUT2D eigenvalue weighted by atomic mass is 35.5. The van der Waals surface area contributed by atoms with Gasteiger partial charge in [-0.1, -0.05) is 11.6 Å². The summed E-state index contributed by atoms with van der Waals surface area (Å²) in [5, 5.41) is 13.2. The number of carbonyl (C=O) groups excluding carboxylic acids is 1. The smallest absolute Gasteiger partial charge is 0.253 e. The van der Waals surface area contributed by atoms with Gasteiger partial charge in [-0.25, -0.2) is 0 Å². The van der Waals surface area contributed by atoms with E-state index < -0.39 is 5.60 Å². The molecule has 1 saturated heterocycles. The second kappa shape index (κ2) is 5.22. The molecule has 2 N–H and O–H groups in total. The highest BCUT2D eigenvalue weighted by Gasteiger charge is 2.39. The normalized spacial score (nSPS) is 27.2. The molecule has 0 spiro atoms. The first kappa shape index (κ1) is 13.3. The third kappa shape index (κ3) is 2.63. The van der Waals surface area contributed by atoms with E-state index in [2.05, 4.69) is 10.3 Å². The van der Waals surface area contributed by atoms with Crippen LogP contribution >= 0.6 is 11.6 Å². The minimum Gasteiger partial charge on any atom is -0.385 e. The number of halogens is 1. The Hall–Kier alpha value is -1.17. The van der Waals surface area contributed by atoms with Crippen LogP contribution in [0.5, 0.6) is 0 Å². The Balaban J connectivity index is 1.99. The summed E-state index contributed by atoms with van der Waals surface area (Å²) in [7, 11) is 0. The Morgan fingerprint density at radius 1 is 1.78 bits per heavy atom. The Morgan fingerprint density at radius 3 is 3.17 bits per heavy atom. The Bertz CT molecular complexity index is 455. The number of aromatic nitrogens is 1. The Morgan fingerprint density at radius 2 is 2.56 bits per heavy atom. The van der Waals surface area contributed by atoms with Gasteiger partial charge in [0.1, 0.15) is 5.60 Å². The molecule has 6 heteroatoms. The lowest BCUT2D eigenvalue weighted by Crippen LogP contribution is -2.47. The van der Waals surface area contributed by atoms with Crippen LogP contribution in [0, 0.1) is 0 Å². The second-order valence-electron chi connectivity index (χ2n) is 4.40. The van der Waals surface area contributed by atoms with Gasteiger partial charge < -0.3 is 15.2 Å². The van der Waals surface area contributed by atoms with Crippen molar-refractivity contribution in [2.75, 3.05) is 13.2 Å². The zero-order chi connectivity index (χ0) is 13.2. The molecule has 1 aromatic heterocycles. The fraction of sp³-hybridized carbons (Fsp3) is 0.500. The second-order valence-corrected chi connectivity index (χ2v) is 4.81. The van der Waals surface area contributed by atoms with E-state index in [0.29, 0.717) is 18.6 Å². The first-order valence-electron chi connectivity index (χ1n) is 5.74. The van der Waals surface area contributed by atoms with Crippen LogP contribution in [-0.2, 0) is 4.74 Å². The van der Waals surface area contributed by atoms with Gasteiger partial charge >= 0.3 is 0 Å². The SMILES string of the molecule is CC1OCCC1(O)CNC(=O)c1ccncc1Cl. The van der Waals surface area contributed by atoms with Crippen LogP contribution in [0.15, 0.2) is 18.5 Å². The summed E-state index contributed by atoms with van der Waals surface area (Å²) < 4.78 is 5.29. The zero-order valence-corrected chi connectivity index (χ0v) is 10.8. The summed E-state index contributed by atoms with van der Waals surface area (Å²) in [6.45, 7) is 2.44. The molecule has 2 atom stereocenters. The Labute approximate surface area is 110 Å². The fourth-order valence-corrected chi connectivity index (χ4v) is 2.10. The van der Waals surface area contributed by atoms with Crippen molar-refractivity contribution in [3.05, 3.63) is 29.0 Å². The molecule has 0 aromatic carbocycles. The van der Waals surface area contributed by atoms with Crippen LogP contribution in [0.1, 0.15) is 23.7 Å². The van der Waals surface area contributed by atoms with Crippen LogP contribution in [0.4, 0.5) is 0 Å². The molecule has 18 heavy (non-hydrogen) atoms. The van der Waals surface area contributed by atoms with E-state index in [1.165, 1.54) is 18.5 Å². The number of ether oxygens (including phenoxy) is 1. The van der Waals surface area contributed by atoms with E-state index >= 15 is 0 Å². The minimum absolute atomic E-state index is 0.144. The van der Waals surface area contributed by atoms with Gasteiger partial charge in [-0.2, -0.15) is 0 Å². The van der Waals surface area contributed by atoms with Gasteiger partial charge in [-0.15, -0.1) is 0 Å². The van der Waals surface area contributed by atoms with Crippen molar-refractivity contribution in [2.45, 2.75) is 25.0 Å². The summed E-state index contributed by atoms with van der Waals surface area (Å²) in [5.41, 5.74) is -0.656. The van der Waals surface area contributed by atoms with Crippen molar-refractivity contribution in [1.29, 1.82) is 0 Å². The molecule has 2 rings (SSSR count). The lowest BCUT2D eigenvalue weighted by molar-refractivity contribution is -0.0251. The Kier molecular flexibility index (Phi) is 3.85. The molecule has 2 heterocycles. The van der Waals surface area contributed by atoms with E-state index in [4.69, 9.17) is 16.3 Å². The lowest BCUT2D eigenvalue weighted by Gasteiger charge is -2.26. The standard InChI is InChI=1S/C12H15ClN2O3/c1-8-12(17,3-5-18-8)7-15-11(16)9-2-4-14-6-10(9)13/h2,4,6,8,17H,3,5,7H2,1H3,(H,15,16). The molecule has 0 saturated carbocycles. The molecule has 98 valence electrons. The number of carbonyl (C=O) groups is 1. The molecular formula is C12H15ClN2O3. The molecule has 0 bridgehead atoms. The summed E-state index contributed by atoms with van der Waals surface area (Å²) in [6.07, 6.45) is 3.13. The van der Waals surface area contributed by atoms with Crippen molar-refractivity contribution in [3.63, 3.8) is 0 Å². The topological polar surface area (TPSA) is 71.5 Å². The third-order valence-electron chi connectivity index (χ3n) is 3.23. The van der Waals surface area contributed by atoms with Crippen molar-refractivity contribution in [2.24, 2.45) is 0 Å². The highest BCUT2D eigenvalue weighted by Crippen LogP contribution is 2.25. The van der Waals surface area contributed by atoms with Crippen LogP contribution in [0.25, 0.3) is 0 Å². The number of pyridine rings is 1. The molecule has 1 aliphatic rings. The van der Waals surface area contributed by atoms with Gasteiger partial charge in [0.05, 0.1) is 16.7 Å². The van der Waals surface area contributed by atoms with E-state index in [1.807, 2.05) is 0 Å². The monoisotopic (exact) mass is 270 g/mol. The molecule has 2 unspecified atom stereocenters. The van der Waals surface area contributed by atoms with Gasteiger partial charge in [0, 0.05) is 32.0 Å². The number of amides is 1. The number of hydrogen-bond donors (Lipinski definition) is 2. The van der Waals surface area contributed by atoms with Gasteiger partial charge in [-0.3, -0.25) is 9.78 Å². The highest BCUT2D eigenvalue weighted by molar-refractivity contribution is 6.33. The van der Waals surface area contributed by atoms with Crippen molar-refractivity contribution >= 4 is 17.5 Å². The average molecular weight is 271 g/mol. The third-order valence-corrected chi connectivity index (χ3v) is 3.53. The van der Waals surface area contributed by atoms with Gasteiger partial charge in [0.15, 0.2) is 0 Å². The summed E-state index contributed by atoms with van der Waals surface area (Å²) in [4.78, 5) is 15.7. The molecule has 0 aliphatic carbocycles. The summed E-state index contributed by atoms with van der Waals surface area (Å²) in [6, 6.07) is 1.54. The molecule has 1 amide bonds. The number of hydrogen-bond acceptors (Lipinski definition) is 4. The number of nitrogens with one attached hydrogen (secondary N) is 1. The van der Waals surface area contributed by atoms with Crippen LogP contribution in [0.2, 0.25) is 5.02 Å². The fourth-order valence-electron chi connectivity index (χ4n) is 1.89. The summed E-state index contributed by atoms with van der Waals surface area (Å²) >= 11 is 5.87. The molecule has 1 aromatic rings. The van der Waals surface area contributed by atoms with Crippen LogP contribution in [0.3, 0.4) is 0 Å². The molecule has 0 radical (unpaired) electrons. The maximum atomic E-state index is 11.9. The van der Waals surface area contributed by atoms with E-state index in [0.717, 1.165) is 0 Å². The first-order chi connectivity index (χ1) is 8.53. The molecule has 5 nitrogen and oxygen atoms in total. The van der Waals surface area contributed by atoms with E-state index in [9.17, 15) is 9.90 Å².